The van der Waals surface area contributed by atoms with Crippen molar-refractivity contribution in [3.05, 3.63) is 6.92 Å². The van der Waals surface area contributed by atoms with Crippen LogP contribution in [0.1, 0.15) is 19.8 Å². The minimum atomic E-state index is 0.349. The Morgan fingerprint density at radius 1 is 1.50 bits per heavy atom. The summed E-state index contributed by atoms with van der Waals surface area (Å²) in [5.74, 6) is 0. The molecule has 8 heavy (non-hydrogen) atoms. The molecular formula is C6H11Br2. The smallest absolute Gasteiger partial charge is 0.0271 e. The van der Waals surface area contributed by atoms with Gasteiger partial charge in [0.1, 0.15) is 0 Å². The molecule has 0 aromatic rings. The predicted octanol–water partition coefficient (Wildman–Crippen LogP) is 3.15. The zero-order valence-corrected chi connectivity index (χ0v) is 8.20. The van der Waals surface area contributed by atoms with Gasteiger partial charge in [-0.25, -0.2) is 0 Å². The number of hydrogen-bond acceptors (Lipinski definition) is 0. The van der Waals surface area contributed by atoms with Crippen LogP contribution in [-0.4, -0.2) is 9.65 Å². The molecule has 2 heteroatoms. The fourth-order valence-corrected chi connectivity index (χ4v) is 1.18. The zero-order chi connectivity index (χ0) is 6.57. The van der Waals surface area contributed by atoms with E-state index in [0.717, 1.165) is 0 Å². The second-order valence-corrected chi connectivity index (χ2v) is 4.17. The summed E-state index contributed by atoms with van der Waals surface area (Å²) >= 11 is 6.88. The summed E-state index contributed by atoms with van der Waals surface area (Å²) in [6.45, 7) is 6.00. The Morgan fingerprint density at radius 2 is 2.00 bits per heavy atom. The Labute approximate surface area is 68.3 Å². The first-order chi connectivity index (χ1) is 3.68. The fraction of sp³-hybridized carbons (Fsp3) is 0.833. The van der Waals surface area contributed by atoms with E-state index in [1.54, 1.807) is 0 Å². The van der Waals surface area contributed by atoms with E-state index in [-0.39, 0.29) is 0 Å². The maximum atomic E-state index is 3.83. The van der Waals surface area contributed by atoms with Gasteiger partial charge in [-0.2, -0.15) is 0 Å². The summed E-state index contributed by atoms with van der Waals surface area (Å²) in [6, 6.07) is 0. The lowest BCUT2D eigenvalue weighted by Gasteiger charge is -2.08. The Hall–Kier alpha value is 0.960. The summed E-state index contributed by atoms with van der Waals surface area (Å²) in [5, 5.41) is 0. The number of rotatable bonds is 3. The molecule has 1 radical (unpaired) electrons. The van der Waals surface area contributed by atoms with Crippen LogP contribution in [0.4, 0.5) is 0 Å². The topological polar surface area (TPSA) is 0 Å². The van der Waals surface area contributed by atoms with Crippen molar-refractivity contribution < 1.29 is 0 Å². The third kappa shape index (κ3) is 3.90. The summed E-state index contributed by atoms with van der Waals surface area (Å²) in [6.07, 6.45) is 2.41. The highest BCUT2D eigenvalue weighted by molar-refractivity contribution is 9.12. The van der Waals surface area contributed by atoms with Gasteiger partial charge in [-0.15, -0.1) is 0 Å². The highest BCUT2D eigenvalue weighted by Gasteiger charge is 2.07. The molecule has 0 rings (SSSR count). The average Bonchev–Trinajstić information content (AvgIpc) is 1.67. The van der Waals surface area contributed by atoms with Crippen molar-refractivity contribution in [2.24, 2.45) is 0 Å². The second-order valence-electron chi connectivity index (χ2n) is 1.82. The van der Waals surface area contributed by atoms with E-state index in [1.807, 2.05) is 0 Å². The van der Waals surface area contributed by atoms with Crippen LogP contribution < -0.4 is 0 Å². The molecule has 0 fully saturated rings. The Bertz CT molecular complexity index is 52.5. The summed E-state index contributed by atoms with van der Waals surface area (Å²) in [5.41, 5.74) is 0. The van der Waals surface area contributed by atoms with Gasteiger partial charge in [-0.3, -0.25) is 0 Å². The van der Waals surface area contributed by atoms with Gasteiger partial charge in [0.15, 0.2) is 0 Å². The van der Waals surface area contributed by atoms with E-state index in [1.165, 1.54) is 12.8 Å². The Kier molecular flexibility index (Phi) is 5.38. The summed E-state index contributed by atoms with van der Waals surface area (Å²) in [4.78, 5) is 0.884. The SMILES string of the molecule is [CH2]C(Br)C(Br)CCC. The Balaban J connectivity index is 3.17. The first kappa shape index (κ1) is 8.96. The third-order valence-electron chi connectivity index (χ3n) is 0.957. The van der Waals surface area contributed by atoms with Gasteiger partial charge in [0.2, 0.25) is 0 Å². The fourth-order valence-electron chi connectivity index (χ4n) is 0.457. The molecule has 0 aromatic heterocycles. The molecule has 0 aromatic carbocycles. The van der Waals surface area contributed by atoms with Gasteiger partial charge < -0.3 is 0 Å². The molecule has 49 valence electrons. The van der Waals surface area contributed by atoms with Crippen molar-refractivity contribution in [2.45, 2.75) is 29.4 Å². The lowest BCUT2D eigenvalue weighted by atomic mass is 10.2. The lowest BCUT2D eigenvalue weighted by molar-refractivity contribution is 0.768. The normalized spacial score (nSPS) is 18.0. The van der Waals surface area contributed by atoms with Crippen LogP contribution in [0, 0.1) is 6.92 Å². The molecule has 0 bridgehead atoms. The van der Waals surface area contributed by atoms with Gasteiger partial charge in [0.25, 0.3) is 0 Å². The van der Waals surface area contributed by atoms with E-state index < -0.39 is 0 Å². The first-order valence-corrected chi connectivity index (χ1v) is 4.62. The van der Waals surface area contributed by atoms with E-state index in [4.69, 9.17) is 0 Å². The van der Waals surface area contributed by atoms with E-state index >= 15 is 0 Å². The lowest BCUT2D eigenvalue weighted by Crippen LogP contribution is -2.08. The van der Waals surface area contributed by atoms with E-state index in [2.05, 4.69) is 45.7 Å². The minimum Gasteiger partial charge on any atom is -0.0879 e. The monoisotopic (exact) mass is 241 g/mol. The predicted molar refractivity (Wildman–Crippen MR) is 45.7 cm³/mol. The molecule has 2 atom stereocenters. The van der Waals surface area contributed by atoms with Gasteiger partial charge in [-0.05, 0) is 13.3 Å². The van der Waals surface area contributed by atoms with Crippen LogP contribution in [-0.2, 0) is 0 Å². The quantitative estimate of drug-likeness (QED) is 0.668. The molecule has 0 heterocycles. The number of hydrogen-bond donors (Lipinski definition) is 0. The molecular weight excluding hydrogens is 232 g/mol. The van der Waals surface area contributed by atoms with E-state index in [0.29, 0.717) is 9.65 Å². The highest BCUT2D eigenvalue weighted by atomic mass is 79.9. The van der Waals surface area contributed by atoms with Gasteiger partial charge >= 0.3 is 0 Å². The Morgan fingerprint density at radius 3 is 2.12 bits per heavy atom. The summed E-state index contributed by atoms with van der Waals surface area (Å²) < 4.78 is 0. The summed E-state index contributed by atoms with van der Waals surface area (Å²) in [7, 11) is 0. The largest absolute Gasteiger partial charge is 0.0879 e. The van der Waals surface area contributed by atoms with Crippen LogP contribution >= 0.6 is 31.9 Å². The van der Waals surface area contributed by atoms with Crippen LogP contribution in [0.25, 0.3) is 0 Å². The average molecular weight is 243 g/mol. The van der Waals surface area contributed by atoms with Crippen molar-refractivity contribution in [1.29, 1.82) is 0 Å². The molecule has 2 unspecified atom stereocenters. The van der Waals surface area contributed by atoms with Gasteiger partial charge in [0.05, 0.1) is 0 Å². The molecule has 0 aliphatic rings. The van der Waals surface area contributed by atoms with Crippen molar-refractivity contribution in [1.82, 2.24) is 0 Å². The molecule has 0 saturated carbocycles. The van der Waals surface area contributed by atoms with Crippen LogP contribution in [0.2, 0.25) is 0 Å². The molecule has 0 saturated heterocycles. The molecule has 0 nitrogen and oxygen atoms in total. The molecule has 0 aliphatic heterocycles. The third-order valence-corrected chi connectivity index (χ3v) is 3.40. The van der Waals surface area contributed by atoms with E-state index in [9.17, 15) is 0 Å². The van der Waals surface area contributed by atoms with Crippen LogP contribution in [0.15, 0.2) is 0 Å². The molecule has 0 amide bonds. The minimum absolute atomic E-state index is 0.349. The molecule has 0 N–H and O–H groups in total. The van der Waals surface area contributed by atoms with Crippen molar-refractivity contribution in [2.75, 3.05) is 0 Å². The highest BCUT2D eigenvalue weighted by Crippen LogP contribution is 2.17. The number of halogens is 2. The number of alkyl halides is 2. The maximum absolute atomic E-state index is 3.83. The standard InChI is InChI=1S/C6H11Br2/c1-3-4-6(8)5(2)7/h5-6H,2-4H2,1H3. The van der Waals surface area contributed by atoms with Crippen LogP contribution in [0.5, 0.6) is 0 Å². The maximum Gasteiger partial charge on any atom is 0.0271 e. The second kappa shape index (κ2) is 4.80. The van der Waals surface area contributed by atoms with Crippen molar-refractivity contribution >= 4 is 31.9 Å². The first-order valence-electron chi connectivity index (χ1n) is 2.79. The van der Waals surface area contributed by atoms with Gasteiger partial charge in [0, 0.05) is 9.65 Å². The van der Waals surface area contributed by atoms with Gasteiger partial charge in [-0.1, -0.05) is 45.2 Å². The zero-order valence-electron chi connectivity index (χ0n) is 5.03. The van der Waals surface area contributed by atoms with Crippen molar-refractivity contribution in [3.63, 3.8) is 0 Å². The molecule has 0 spiro atoms. The van der Waals surface area contributed by atoms with Crippen LogP contribution in [0.3, 0.4) is 0 Å². The molecule has 0 aliphatic carbocycles. The van der Waals surface area contributed by atoms with Crippen molar-refractivity contribution in [3.8, 4) is 0 Å².